The van der Waals surface area contributed by atoms with Crippen molar-refractivity contribution in [3.8, 4) is 0 Å². The molecule has 1 aromatic heterocycles. The molecule has 2 unspecified atom stereocenters. The number of anilines is 1. The van der Waals surface area contributed by atoms with Crippen LogP contribution >= 0.6 is 11.6 Å². The number of benzene rings is 1. The van der Waals surface area contributed by atoms with Gasteiger partial charge in [-0.1, -0.05) is 30.7 Å². The lowest BCUT2D eigenvalue weighted by Gasteiger charge is -2.30. The van der Waals surface area contributed by atoms with Gasteiger partial charge in [0, 0.05) is 37.9 Å². The van der Waals surface area contributed by atoms with E-state index in [1.807, 2.05) is 40.7 Å². The minimum Gasteiger partial charge on any atom is -0.593 e. The number of rotatable bonds is 8. The summed E-state index contributed by atoms with van der Waals surface area (Å²) in [4.78, 5) is 14.1. The first kappa shape index (κ1) is 24.3. The van der Waals surface area contributed by atoms with Gasteiger partial charge in [-0.15, -0.1) is 4.31 Å². The predicted octanol–water partition coefficient (Wildman–Crippen LogP) is 3.24. The van der Waals surface area contributed by atoms with Gasteiger partial charge >= 0.3 is 0 Å². The number of amidine groups is 1. The predicted molar refractivity (Wildman–Crippen MR) is 133 cm³/mol. The molecular formula is C22H30ClN7OS. The zero-order chi connectivity index (χ0) is 22.9. The third-order valence-corrected chi connectivity index (χ3v) is 6.72. The van der Waals surface area contributed by atoms with E-state index in [2.05, 4.69) is 44.8 Å². The van der Waals surface area contributed by atoms with E-state index in [0.29, 0.717) is 29.3 Å². The largest absolute Gasteiger partial charge is 0.593 e. The molecule has 3 rings (SSSR count). The highest BCUT2D eigenvalue weighted by molar-refractivity contribution is 7.89. The second-order valence-corrected chi connectivity index (χ2v) is 9.27. The summed E-state index contributed by atoms with van der Waals surface area (Å²) < 4.78 is 14.5. The SMILES string of the molecule is CCC(C)NC(=NCNc1cccc([S+]([O-])N2CCC2)c1)NC(=NC)c1cccc(Cl)n1. The Morgan fingerprint density at radius 1 is 1.28 bits per heavy atom. The van der Waals surface area contributed by atoms with Crippen LogP contribution in [0.25, 0.3) is 0 Å². The maximum absolute atomic E-state index is 12.6. The van der Waals surface area contributed by atoms with Gasteiger partial charge in [0.05, 0.1) is 11.4 Å². The summed E-state index contributed by atoms with van der Waals surface area (Å²) in [6.07, 6.45) is 2.04. The molecule has 1 aromatic carbocycles. The third kappa shape index (κ3) is 6.83. The Morgan fingerprint density at radius 2 is 2.06 bits per heavy atom. The molecule has 10 heteroatoms. The van der Waals surface area contributed by atoms with Crippen LogP contribution in [0.3, 0.4) is 0 Å². The van der Waals surface area contributed by atoms with E-state index in [1.165, 1.54) is 0 Å². The number of pyridine rings is 1. The molecule has 0 amide bonds. The van der Waals surface area contributed by atoms with Gasteiger partial charge in [-0.05, 0) is 44.0 Å². The van der Waals surface area contributed by atoms with Gasteiger partial charge in [-0.25, -0.2) is 9.98 Å². The Kier molecular flexibility index (Phi) is 9.16. The second kappa shape index (κ2) is 12.1. The number of guanidine groups is 1. The van der Waals surface area contributed by atoms with Crippen LogP contribution in [0.15, 0.2) is 57.3 Å². The molecule has 0 bridgehead atoms. The summed E-state index contributed by atoms with van der Waals surface area (Å²) in [7, 11) is 1.69. The quantitative estimate of drug-likeness (QED) is 0.234. The highest BCUT2D eigenvalue weighted by Gasteiger charge is 2.28. The van der Waals surface area contributed by atoms with Crippen LogP contribution in [0.4, 0.5) is 5.69 Å². The molecule has 0 aliphatic carbocycles. The van der Waals surface area contributed by atoms with Crippen LogP contribution in [0.5, 0.6) is 0 Å². The van der Waals surface area contributed by atoms with Crippen molar-refractivity contribution in [2.75, 3.05) is 32.1 Å². The number of nitrogens with zero attached hydrogens (tertiary/aromatic N) is 4. The summed E-state index contributed by atoms with van der Waals surface area (Å²) in [5, 5.41) is 10.3. The van der Waals surface area contributed by atoms with E-state index >= 15 is 0 Å². The second-order valence-electron chi connectivity index (χ2n) is 7.40. The fourth-order valence-corrected chi connectivity index (χ4v) is 4.34. The van der Waals surface area contributed by atoms with Crippen LogP contribution in [0.1, 0.15) is 32.4 Å². The standard InChI is InChI=1S/C22H30ClN7OS/c1-4-16(2)27-22(29-21(24-3)19-10-6-11-20(23)28-19)26-15-25-17-8-5-9-18(14-17)32(31)30-12-7-13-30/h5-6,8-11,14,16,25H,4,7,12-13,15H2,1-3H3,(H2,24,26,27,29). The van der Waals surface area contributed by atoms with E-state index in [0.717, 1.165) is 36.5 Å². The molecule has 2 heterocycles. The van der Waals surface area contributed by atoms with Gasteiger partial charge in [0.1, 0.15) is 17.5 Å². The van der Waals surface area contributed by atoms with Crippen molar-refractivity contribution < 1.29 is 4.55 Å². The van der Waals surface area contributed by atoms with E-state index in [9.17, 15) is 4.55 Å². The Labute approximate surface area is 197 Å². The summed E-state index contributed by atoms with van der Waals surface area (Å²) in [5.41, 5.74) is 1.50. The molecular weight excluding hydrogens is 446 g/mol. The maximum Gasteiger partial charge on any atom is 0.199 e. The lowest BCUT2D eigenvalue weighted by Crippen LogP contribution is -2.45. The monoisotopic (exact) mass is 475 g/mol. The summed E-state index contributed by atoms with van der Waals surface area (Å²) in [5.74, 6) is 1.14. The molecule has 3 N–H and O–H groups in total. The topological polar surface area (TPSA) is 100 Å². The Balaban J connectivity index is 1.68. The van der Waals surface area contributed by atoms with Gasteiger partial charge < -0.3 is 20.5 Å². The number of aromatic nitrogens is 1. The Hall–Kier alpha value is -2.33. The van der Waals surface area contributed by atoms with Crippen LogP contribution in [0, 0.1) is 0 Å². The lowest BCUT2D eigenvalue weighted by atomic mass is 10.3. The highest BCUT2D eigenvalue weighted by atomic mass is 35.5. The zero-order valence-electron chi connectivity index (χ0n) is 18.6. The van der Waals surface area contributed by atoms with Gasteiger partial charge in [0.15, 0.2) is 16.7 Å². The summed E-state index contributed by atoms with van der Waals surface area (Å²) in [6.45, 7) is 6.27. The minimum absolute atomic E-state index is 0.217. The van der Waals surface area contributed by atoms with Gasteiger partial charge in [-0.3, -0.25) is 4.99 Å². The number of hydrogen-bond acceptors (Lipinski definition) is 6. The average Bonchev–Trinajstić information content (AvgIpc) is 2.76. The number of aliphatic imine (C=N–C) groups is 2. The average molecular weight is 476 g/mol. The van der Waals surface area contributed by atoms with Gasteiger partial charge in [0.2, 0.25) is 0 Å². The van der Waals surface area contributed by atoms with Gasteiger partial charge in [-0.2, -0.15) is 0 Å². The lowest BCUT2D eigenvalue weighted by molar-refractivity contribution is 0.309. The van der Waals surface area contributed by atoms with Crippen LogP contribution in [-0.4, -0.2) is 58.5 Å². The number of nitrogens with one attached hydrogen (secondary N) is 3. The zero-order valence-corrected chi connectivity index (χ0v) is 20.2. The van der Waals surface area contributed by atoms with Crippen molar-refractivity contribution in [3.05, 3.63) is 53.3 Å². The molecule has 1 saturated heterocycles. The van der Waals surface area contributed by atoms with E-state index < -0.39 is 11.4 Å². The van der Waals surface area contributed by atoms with Crippen molar-refractivity contribution in [2.24, 2.45) is 9.98 Å². The molecule has 0 radical (unpaired) electrons. The van der Waals surface area contributed by atoms with E-state index in [4.69, 9.17) is 11.6 Å². The van der Waals surface area contributed by atoms with Crippen molar-refractivity contribution >= 4 is 40.4 Å². The molecule has 1 aliphatic heterocycles. The molecule has 8 nitrogen and oxygen atoms in total. The van der Waals surface area contributed by atoms with Crippen molar-refractivity contribution in [1.29, 1.82) is 0 Å². The molecule has 2 aromatic rings. The number of hydrogen-bond donors (Lipinski definition) is 3. The fraction of sp³-hybridized carbons (Fsp3) is 0.409. The van der Waals surface area contributed by atoms with Crippen LogP contribution < -0.4 is 16.0 Å². The summed E-state index contributed by atoms with van der Waals surface area (Å²) >= 11 is 4.93. The third-order valence-electron chi connectivity index (χ3n) is 5.02. The minimum atomic E-state index is -1.11. The highest BCUT2D eigenvalue weighted by Crippen LogP contribution is 2.23. The smallest absolute Gasteiger partial charge is 0.199 e. The van der Waals surface area contributed by atoms with Crippen molar-refractivity contribution in [1.82, 2.24) is 19.9 Å². The first-order valence-electron chi connectivity index (χ1n) is 10.7. The van der Waals surface area contributed by atoms with Crippen LogP contribution in [-0.2, 0) is 11.4 Å². The first-order valence-corrected chi connectivity index (χ1v) is 12.2. The molecule has 0 spiro atoms. The fourth-order valence-electron chi connectivity index (χ4n) is 2.87. The normalized spacial score (nSPS) is 16.8. The molecule has 2 atom stereocenters. The molecule has 1 aliphatic rings. The Morgan fingerprint density at radius 3 is 2.72 bits per heavy atom. The molecule has 1 fully saturated rings. The molecule has 172 valence electrons. The van der Waals surface area contributed by atoms with Crippen molar-refractivity contribution in [3.63, 3.8) is 0 Å². The van der Waals surface area contributed by atoms with Crippen LogP contribution in [0.2, 0.25) is 5.15 Å². The number of halogens is 1. The molecule has 32 heavy (non-hydrogen) atoms. The van der Waals surface area contributed by atoms with E-state index in [1.54, 1.807) is 13.1 Å². The maximum atomic E-state index is 12.6. The molecule has 0 saturated carbocycles. The van der Waals surface area contributed by atoms with Gasteiger partial charge in [0.25, 0.3) is 0 Å². The summed E-state index contributed by atoms with van der Waals surface area (Å²) in [6, 6.07) is 13.3. The Bertz CT molecular complexity index is 951. The van der Waals surface area contributed by atoms with E-state index in [-0.39, 0.29) is 6.04 Å². The van der Waals surface area contributed by atoms with Crippen molar-refractivity contribution in [2.45, 2.75) is 37.6 Å². The first-order chi connectivity index (χ1) is 15.5.